The SMILES string of the molecule is CC(=O)N1CCCC(c2nc(COc3cccc(Cl)c3)nn2C(C)C)CC1. The summed E-state index contributed by atoms with van der Waals surface area (Å²) < 4.78 is 7.81. The molecular weight excluding hydrogens is 364 g/mol. The van der Waals surface area contributed by atoms with Crippen LogP contribution in [0.15, 0.2) is 24.3 Å². The minimum Gasteiger partial charge on any atom is -0.485 e. The van der Waals surface area contributed by atoms with Crippen molar-refractivity contribution in [1.29, 1.82) is 0 Å². The van der Waals surface area contributed by atoms with Gasteiger partial charge in [0.2, 0.25) is 5.91 Å². The third-order valence-corrected chi connectivity index (χ3v) is 5.13. The molecule has 6 nitrogen and oxygen atoms in total. The minimum absolute atomic E-state index is 0.150. The van der Waals surface area contributed by atoms with Crippen molar-refractivity contribution in [2.45, 2.75) is 58.6 Å². The second-order valence-electron chi connectivity index (χ2n) is 7.30. The number of hydrogen-bond acceptors (Lipinski definition) is 4. The fourth-order valence-electron chi connectivity index (χ4n) is 3.48. The molecule has 1 fully saturated rings. The maximum absolute atomic E-state index is 11.7. The lowest BCUT2D eigenvalue weighted by atomic mass is 9.99. The highest BCUT2D eigenvalue weighted by Gasteiger charge is 2.25. The number of benzene rings is 1. The molecule has 1 unspecified atom stereocenters. The Morgan fingerprint density at radius 2 is 2.15 bits per heavy atom. The molecule has 146 valence electrons. The number of rotatable bonds is 5. The van der Waals surface area contributed by atoms with Crippen molar-refractivity contribution in [1.82, 2.24) is 19.7 Å². The van der Waals surface area contributed by atoms with Gasteiger partial charge in [0.15, 0.2) is 5.82 Å². The summed E-state index contributed by atoms with van der Waals surface area (Å²) in [4.78, 5) is 18.4. The Bertz CT molecular complexity index is 790. The number of carbonyl (C=O) groups is 1. The highest BCUT2D eigenvalue weighted by atomic mass is 35.5. The fraction of sp³-hybridized carbons (Fsp3) is 0.550. The van der Waals surface area contributed by atoms with Gasteiger partial charge in [0.1, 0.15) is 18.2 Å². The summed E-state index contributed by atoms with van der Waals surface area (Å²) in [7, 11) is 0. The molecule has 3 rings (SSSR count). The molecule has 0 bridgehead atoms. The Hall–Kier alpha value is -2.08. The van der Waals surface area contributed by atoms with E-state index < -0.39 is 0 Å². The number of likely N-dealkylation sites (tertiary alicyclic amines) is 1. The number of carbonyl (C=O) groups excluding carboxylic acids is 1. The number of hydrogen-bond donors (Lipinski definition) is 0. The zero-order valence-corrected chi connectivity index (χ0v) is 16.9. The molecule has 0 aliphatic carbocycles. The van der Waals surface area contributed by atoms with Crippen molar-refractivity contribution in [3.63, 3.8) is 0 Å². The van der Waals surface area contributed by atoms with Crippen LogP contribution in [0.4, 0.5) is 0 Å². The van der Waals surface area contributed by atoms with Gasteiger partial charge < -0.3 is 9.64 Å². The zero-order chi connectivity index (χ0) is 19.4. The molecule has 2 aromatic rings. The third-order valence-electron chi connectivity index (χ3n) is 4.89. The average molecular weight is 391 g/mol. The van der Waals surface area contributed by atoms with Crippen LogP contribution in [0, 0.1) is 0 Å². The van der Waals surface area contributed by atoms with E-state index in [0.717, 1.165) is 38.2 Å². The topological polar surface area (TPSA) is 60.3 Å². The van der Waals surface area contributed by atoms with Gasteiger partial charge in [-0.1, -0.05) is 17.7 Å². The number of halogens is 1. The molecule has 1 atom stereocenters. The van der Waals surface area contributed by atoms with Gasteiger partial charge in [-0.3, -0.25) is 4.79 Å². The molecule has 1 aliphatic heterocycles. The first-order chi connectivity index (χ1) is 12.9. The lowest BCUT2D eigenvalue weighted by molar-refractivity contribution is -0.128. The van der Waals surface area contributed by atoms with Crippen molar-refractivity contribution in [2.75, 3.05) is 13.1 Å². The van der Waals surface area contributed by atoms with Crippen LogP contribution in [0.5, 0.6) is 5.75 Å². The molecule has 1 amide bonds. The first-order valence-electron chi connectivity index (χ1n) is 9.53. The van der Waals surface area contributed by atoms with Crippen molar-refractivity contribution < 1.29 is 9.53 Å². The second-order valence-corrected chi connectivity index (χ2v) is 7.74. The maximum Gasteiger partial charge on any atom is 0.219 e. The van der Waals surface area contributed by atoms with Crippen LogP contribution in [0.3, 0.4) is 0 Å². The van der Waals surface area contributed by atoms with Crippen LogP contribution in [0.2, 0.25) is 5.02 Å². The molecule has 0 N–H and O–H groups in total. The Morgan fingerprint density at radius 1 is 1.33 bits per heavy atom. The lowest BCUT2D eigenvalue weighted by Crippen LogP contribution is -2.29. The monoisotopic (exact) mass is 390 g/mol. The molecule has 27 heavy (non-hydrogen) atoms. The highest BCUT2D eigenvalue weighted by Crippen LogP contribution is 2.29. The van der Waals surface area contributed by atoms with E-state index >= 15 is 0 Å². The lowest BCUT2D eigenvalue weighted by Gasteiger charge is -2.19. The van der Waals surface area contributed by atoms with Crippen LogP contribution in [-0.4, -0.2) is 38.7 Å². The number of aromatic nitrogens is 3. The van der Waals surface area contributed by atoms with E-state index in [0.29, 0.717) is 29.1 Å². The average Bonchev–Trinajstić information content (AvgIpc) is 2.89. The molecule has 2 heterocycles. The molecule has 1 saturated heterocycles. The molecule has 1 aromatic carbocycles. The first kappa shape index (κ1) is 19.7. The predicted molar refractivity (Wildman–Crippen MR) is 105 cm³/mol. The van der Waals surface area contributed by atoms with Crippen molar-refractivity contribution in [2.24, 2.45) is 0 Å². The van der Waals surface area contributed by atoms with Crippen LogP contribution in [0.25, 0.3) is 0 Å². The summed E-state index contributed by atoms with van der Waals surface area (Å²) in [5.41, 5.74) is 0. The van der Waals surface area contributed by atoms with Crippen molar-refractivity contribution >= 4 is 17.5 Å². The smallest absolute Gasteiger partial charge is 0.219 e. The van der Waals surface area contributed by atoms with Gasteiger partial charge in [0.25, 0.3) is 0 Å². The van der Waals surface area contributed by atoms with E-state index in [2.05, 4.69) is 18.9 Å². The summed E-state index contributed by atoms with van der Waals surface area (Å²) >= 11 is 6.01. The first-order valence-corrected chi connectivity index (χ1v) is 9.91. The third kappa shape index (κ3) is 5.01. The number of ether oxygens (including phenoxy) is 1. The quantitative estimate of drug-likeness (QED) is 0.767. The molecule has 0 radical (unpaired) electrons. The normalized spacial score (nSPS) is 17.8. The molecule has 1 aromatic heterocycles. The summed E-state index contributed by atoms with van der Waals surface area (Å²) in [6.45, 7) is 7.77. The van der Waals surface area contributed by atoms with E-state index in [-0.39, 0.29) is 11.9 Å². The van der Waals surface area contributed by atoms with Gasteiger partial charge in [-0.2, -0.15) is 5.10 Å². The van der Waals surface area contributed by atoms with E-state index in [1.165, 1.54) is 0 Å². The van der Waals surface area contributed by atoms with Gasteiger partial charge >= 0.3 is 0 Å². The number of amides is 1. The fourth-order valence-corrected chi connectivity index (χ4v) is 3.66. The summed E-state index contributed by atoms with van der Waals surface area (Å²) in [6.07, 6.45) is 2.92. The van der Waals surface area contributed by atoms with Crippen LogP contribution < -0.4 is 4.74 Å². The van der Waals surface area contributed by atoms with Gasteiger partial charge in [0.05, 0.1) is 0 Å². The molecular formula is C20H27ClN4O2. The summed E-state index contributed by atoms with van der Waals surface area (Å²) in [5.74, 6) is 2.84. The largest absolute Gasteiger partial charge is 0.485 e. The minimum atomic E-state index is 0.150. The van der Waals surface area contributed by atoms with Crippen LogP contribution in [-0.2, 0) is 11.4 Å². The van der Waals surface area contributed by atoms with Crippen LogP contribution >= 0.6 is 11.6 Å². The zero-order valence-electron chi connectivity index (χ0n) is 16.2. The summed E-state index contributed by atoms with van der Waals surface area (Å²) in [6, 6.07) is 7.54. The molecule has 7 heteroatoms. The van der Waals surface area contributed by atoms with Gasteiger partial charge in [-0.05, 0) is 51.3 Å². The Morgan fingerprint density at radius 3 is 2.85 bits per heavy atom. The Labute approximate surface area is 165 Å². The Balaban J connectivity index is 1.74. The predicted octanol–water partition coefficient (Wildman–Crippen LogP) is 4.21. The van der Waals surface area contributed by atoms with Crippen LogP contribution in [0.1, 0.15) is 63.6 Å². The van der Waals surface area contributed by atoms with E-state index in [9.17, 15) is 4.79 Å². The van der Waals surface area contributed by atoms with E-state index in [1.807, 2.05) is 27.8 Å². The van der Waals surface area contributed by atoms with E-state index in [4.69, 9.17) is 21.3 Å². The second kappa shape index (κ2) is 8.74. The maximum atomic E-state index is 11.7. The van der Waals surface area contributed by atoms with Crippen molar-refractivity contribution in [3.8, 4) is 5.75 Å². The van der Waals surface area contributed by atoms with Gasteiger partial charge in [0, 0.05) is 37.0 Å². The molecule has 0 saturated carbocycles. The van der Waals surface area contributed by atoms with E-state index in [1.54, 1.807) is 13.0 Å². The van der Waals surface area contributed by atoms with Crippen molar-refractivity contribution in [3.05, 3.63) is 40.9 Å². The molecule has 0 spiro atoms. The van der Waals surface area contributed by atoms with Gasteiger partial charge in [-0.25, -0.2) is 9.67 Å². The highest BCUT2D eigenvalue weighted by molar-refractivity contribution is 6.30. The number of nitrogens with zero attached hydrogens (tertiary/aromatic N) is 4. The summed E-state index contributed by atoms with van der Waals surface area (Å²) in [5, 5.41) is 5.32. The standard InChI is InChI=1S/C20H27ClN4O2/c1-14(2)25-20(16-6-5-10-24(11-9-16)15(3)26)22-19(23-25)13-27-18-8-4-7-17(21)12-18/h4,7-8,12,14,16H,5-6,9-11,13H2,1-3H3. The van der Waals surface area contributed by atoms with Gasteiger partial charge in [-0.15, -0.1) is 0 Å². The molecule has 1 aliphatic rings. The Kier molecular flexibility index (Phi) is 6.37.